The maximum absolute atomic E-state index is 13.9. The highest BCUT2D eigenvalue weighted by Gasteiger charge is 2.37. The van der Waals surface area contributed by atoms with Gasteiger partial charge in [0.1, 0.15) is 60.1 Å². The van der Waals surface area contributed by atoms with E-state index < -0.39 is 182 Å². The first-order chi connectivity index (χ1) is 39.5. The molecule has 26 N–H and O–H groups in total. The number of primary amides is 2. The molecule has 0 fully saturated rings. The monoisotopic (exact) mass is 1190 g/mol. The largest absolute Gasteiger partial charge is 0.508 e. The zero-order chi connectivity index (χ0) is 63.4. The van der Waals surface area contributed by atoms with E-state index in [1.54, 1.807) is 30.3 Å². The summed E-state index contributed by atoms with van der Waals surface area (Å²) in [6.45, 7) is -1.55. The topological polar surface area (TPSA) is 595 Å². The van der Waals surface area contributed by atoms with Gasteiger partial charge in [-0.3, -0.25) is 58.1 Å². The first-order valence-corrected chi connectivity index (χ1v) is 25.9. The van der Waals surface area contributed by atoms with Crippen molar-refractivity contribution in [3.05, 3.63) is 65.7 Å². The van der Waals surface area contributed by atoms with Crippen molar-refractivity contribution in [1.82, 2.24) is 53.2 Å². The lowest BCUT2D eigenvalue weighted by Gasteiger charge is -2.28. The second-order valence-electron chi connectivity index (χ2n) is 19.1. The minimum absolute atomic E-state index is 0.0477. The number of nitrogens with one attached hydrogen (secondary N) is 11. The van der Waals surface area contributed by atoms with Crippen LogP contribution in [0.25, 0.3) is 0 Å². The van der Waals surface area contributed by atoms with Crippen LogP contribution in [0.2, 0.25) is 0 Å². The van der Waals surface area contributed by atoms with Gasteiger partial charge in [0, 0.05) is 25.8 Å². The number of aliphatic hydroxyl groups excluding tert-OH is 5. The second kappa shape index (κ2) is 35.7. The van der Waals surface area contributed by atoms with Gasteiger partial charge in [0.25, 0.3) is 0 Å². The molecule has 84 heavy (non-hydrogen) atoms. The van der Waals surface area contributed by atoms with E-state index in [1.807, 2.05) is 10.6 Å². The number of phenols is 1. The normalized spacial score (nSPS) is 15.2. The van der Waals surface area contributed by atoms with Gasteiger partial charge in [0.05, 0.1) is 44.5 Å². The molecule has 0 aliphatic carbocycles. The SMILES string of the molecule is C[C@@H](O)[C@H](NC(=O)[C@H](CO)NC(=O)[C@H](CO)NC(=O)[C@@H](NC(=O)[C@H](Cc1ccccc1)NC(=O)[C@@H](N)CCC(N)=O)[C@@H](C)O)C(=O)N[C@@H](CO)C(=O)N[C@@H](Cc1ccc(O)cc1)C(=O)N[C@@H](CC(N)=O)C(=O)N[C@@H](CCCNC(=N)N)C(=O)O. The number of hydrogen-bond acceptors (Lipinski definition) is 20. The molecule has 0 radical (unpaired) electrons. The van der Waals surface area contributed by atoms with E-state index in [2.05, 4.69) is 42.5 Å². The summed E-state index contributed by atoms with van der Waals surface area (Å²) < 4.78 is 0. The second-order valence-corrected chi connectivity index (χ2v) is 19.1. The van der Waals surface area contributed by atoms with E-state index in [0.29, 0.717) is 5.56 Å². The smallest absolute Gasteiger partial charge is 0.326 e. The van der Waals surface area contributed by atoms with Gasteiger partial charge in [-0.2, -0.15) is 0 Å². The van der Waals surface area contributed by atoms with Gasteiger partial charge in [0.2, 0.25) is 65.0 Å². The molecule has 0 saturated carbocycles. The maximum atomic E-state index is 13.9. The zero-order valence-corrected chi connectivity index (χ0v) is 45.7. The van der Waals surface area contributed by atoms with Gasteiger partial charge in [0.15, 0.2) is 5.96 Å². The molecule has 2 aromatic rings. The Kier molecular flexibility index (Phi) is 30.2. The van der Waals surface area contributed by atoms with Crippen molar-refractivity contribution in [2.45, 2.75) is 131 Å². The number of amides is 11. The van der Waals surface area contributed by atoms with E-state index in [9.17, 15) is 93.3 Å². The van der Waals surface area contributed by atoms with Crippen LogP contribution in [0.3, 0.4) is 0 Å². The standard InChI is InChI=1S/C50H75N15O19/c1-23(69)38(64-43(77)31(17-25-7-4-3-5-8-25)58-40(74)28(51)14-15-36(52)72)47(81)63-34(21-67)45(79)61-35(22-68)46(80)65-39(24(2)70)48(82)62-33(20-66)44(78)59-30(18-26-10-12-27(71)13-11-26)41(75)60-32(19-37(53)73)42(76)57-29(49(83)84)9-6-16-56-50(54)55/h3-5,7-8,10-13,23-24,28-35,38-39,66-71H,6,9,14-22,51H2,1-2H3,(H2,52,72)(H2,53,73)(H,57,76)(H,58,74)(H,59,78)(H,60,75)(H,61,79)(H,62,82)(H,63,81)(H,64,77)(H,65,80)(H,83,84)(H4,54,55,56)/t23-,24-,28+,29+,30+,31+,32+,33+,34+,35+,38+,39+/m1/s1. The predicted molar refractivity (Wildman–Crippen MR) is 291 cm³/mol. The van der Waals surface area contributed by atoms with Gasteiger partial charge in [-0.25, -0.2) is 4.79 Å². The Morgan fingerprint density at radius 2 is 0.869 bits per heavy atom. The summed E-state index contributed by atoms with van der Waals surface area (Å²) in [5.74, 6) is -15.0. The number of rotatable bonds is 37. The minimum Gasteiger partial charge on any atom is -0.508 e. The highest BCUT2D eigenvalue weighted by Crippen LogP contribution is 2.13. The molecule has 11 amide bonds. The van der Waals surface area contributed by atoms with E-state index in [-0.39, 0.29) is 50.0 Å². The fraction of sp³-hybridized carbons (Fsp3) is 0.500. The Labute approximate surface area is 479 Å². The van der Waals surface area contributed by atoms with E-state index in [1.165, 1.54) is 24.3 Å². The molecule has 0 saturated heterocycles. The number of hydrogen-bond donors (Lipinski definition) is 22. The van der Waals surface area contributed by atoms with Crippen LogP contribution < -0.4 is 76.1 Å². The average molecular weight is 1190 g/mol. The van der Waals surface area contributed by atoms with Crippen LogP contribution in [0.1, 0.15) is 57.1 Å². The third-order valence-electron chi connectivity index (χ3n) is 12.2. The Hall–Kier alpha value is -9.09. The number of nitrogens with two attached hydrogens (primary N) is 4. The van der Waals surface area contributed by atoms with Crippen molar-refractivity contribution in [2.24, 2.45) is 22.9 Å². The summed E-state index contributed by atoms with van der Waals surface area (Å²) in [4.78, 5) is 157. The minimum atomic E-state index is -2.06. The van der Waals surface area contributed by atoms with Gasteiger partial charge >= 0.3 is 5.97 Å². The van der Waals surface area contributed by atoms with Crippen LogP contribution >= 0.6 is 0 Å². The molecule has 0 bridgehead atoms. The van der Waals surface area contributed by atoms with Crippen molar-refractivity contribution in [3.8, 4) is 5.75 Å². The number of carboxylic acid groups (broad SMARTS) is 1. The van der Waals surface area contributed by atoms with Crippen LogP contribution in [0.5, 0.6) is 5.75 Å². The number of aromatic hydroxyl groups is 1. The number of phenolic OH excluding ortho intramolecular Hbond substituents is 1. The number of carboxylic acids is 1. The quantitative estimate of drug-likeness (QED) is 0.0170. The van der Waals surface area contributed by atoms with Crippen LogP contribution in [0.4, 0.5) is 0 Å². The number of carbonyl (C=O) groups is 12. The first-order valence-electron chi connectivity index (χ1n) is 25.9. The molecular weight excluding hydrogens is 1110 g/mol. The van der Waals surface area contributed by atoms with Gasteiger partial charge < -0.3 is 112 Å². The third-order valence-corrected chi connectivity index (χ3v) is 12.2. The highest BCUT2D eigenvalue weighted by molar-refractivity contribution is 5.99. The molecule has 0 aliphatic heterocycles. The zero-order valence-electron chi connectivity index (χ0n) is 45.7. The van der Waals surface area contributed by atoms with Crippen LogP contribution in [0, 0.1) is 5.41 Å². The first kappa shape index (κ1) is 71.0. The molecule has 34 heteroatoms. The van der Waals surface area contributed by atoms with Gasteiger partial charge in [-0.05, 0) is 56.4 Å². The molecule has 0 unspecified atom stereocenters. The molecule has 12 atom stereocenters. The van der Waals surface area contributed by atoms with Crippen molar-refractivity contribution in [1.29, 1.82) is 5.41 Å². The fourth-order valence-corrected chi connectivity index (χ4v) is 7.55. The average Bonchev–Trinajstić information content (AvgIpc) is 3.48. The number of guanidine groups is 1. The van der Waals surface area contributed by atoms with Crippen molar-refractivity contribution >= 4 is 76.9 Å². The number of benzene rings is 2. The molecule has 0 spiro atoms. The Balaban J connectivity index is 2.27. The molecular formula is C50H75N15O19. The Bertz CT molecular complexity index is 2610. The number of carbonyl (C=O) groups excluding carboxylic acids is 11. The van der Waals surface area contributed by atoms with Gasteiger partial charge in [-0.1, -0.05) is 42.5 Å². The van der Waals surface area contributed by atoms with E-state index in [4.69, 9.17) is 28.3 Å². The lowest BCUT2D eigenvalue weighted by atomic mass is 10.0. The maximum Gasteiger partial charge on any atom is 0.326 e. The lowest BCUT2D eigenvalue weighted by Crippen LogP contribution is -2.63. The lowest BCUT2D eigenvalue weighted by molar-refractivity contribution is -0.142. The van der Waals surface area contributed by atoms with E-state index in [0.717, 1.165) is 13.8 Å². The van der Waals surface area contributed by atoms with Crippen LogP contribution in [0.15, 0.2) is 54.6 Å². The molecule has 0 aliphatic rings. The highest BCUT2D eigenvalue weighted by atomic mass is 16.4. The molecule has 0 heterocycles. The molecule has 34 nitrogen and oxygen atoms in total. The number of aliphatic hydroxyl groups is 5. The Morgan fingerprint density at radius 1 is 0.488 bits per heavy atom. The predicted octanol–water partition coefficient (Wildman–Crippen LogP) is -9.90. The number of aliphatic carboxylic acids is 1. The van der Waals surface area contributed by atoms with Crippen molar-refractivity contribution in [2.75, 3.05) is 26.4 Å². The summed E-state index contributed by atoms with van der Waals surface area (Å²) in [6, 6.07) is -4.56. The summed E-state index contributed by atoms with van der Waals surface area (Å²) in [5.41, 5.74) is 22.4. The Morgan fingerprint density at radius 3 is 1.30 bits per heavy atom. The molecule has 0 aromatic heterocycles. The van der Waals surface area contributed by atoms with Crippen molar-refractivity contribution < 1.29 is 93.3 Å². The fourth-order valence-electron chi connectivity index (χ4n) is 7.55. The summed E-state index contributed by atoms with van der Waals surface area (Å²) >= 11 is 0. The van der Waals surface area contributed by atoms with Crippen molar-refractivity contribution in [3.63, 3.8) is 0 Å². The van der Waals surface area contributed by atoms with Gasteiger partial charge in [-0.15, -0.1) is 0 Å². The molecule has 2 aromatic carbocycles. The van der Waals surface area contributed by atoms with E-state index >= 15 is 0 Å². The summed E-state index contributed by atoms with van der Waals surface area (Å²) in [7, 11) is 0. The summed E-state index contributed by atoms with van der Waals surface area (Å²) in [6.07, 6.45) is -5.60. The summed E-state index contributed by atoms with van der Waals surface area (Å²) in [5, 5.41) is 101. The molecule has 464 valence electrons. The van der Waals surface area contributed by atoms with Crippen LogP contribution in [-0.2, 0) is 70.4 Å². The molecule has 2 rings (SSSR count). The third kappa shape index (κ3) is 25.0. The van der Waals surface area contributed by atoms with Crippen LogP contribution in [-0.4, -0.2) is 212 Å².